The molecular weight excluding hydrogens is 406 g/mol. The highest BCUT2D eigenvalue weighted by atomic mass is 79.9. The third-order valence-corrected chi connectivity index (χ3v) is 7.05. The van der Waals surface area contributed by atoms with Gasteiger partial charge in [-0.15, -0.1) is 0 Å². The first-order valence-corrected chi connectivity index (χ1v) is 11.2. The summed E-state index contributed by atoms with van der Waals surface area (Å²) >= 11 is 3.45. The summed E-state index contributed by atoms with van der Waals surface area (Å²) in [5.74, 6) is 0.204. The van der Waals surface area contributed by atoms with E-state index < -0.39 is 9.84 Å². The Labute approximate surface area is 157 Å². The van der Waals surface area contributed by atoms with Crippen LogP contribution in [0.3, 0.4) is 0 Å². The lowest BCUT2D eigenvalue weighted by Gasteiger charge is -2.34. The number of benzene rings is 1. The fourth-order valence-electron chi connectivity index (χ4n) is 3.34. The molecule has 0 aromatic heterocycles. The van der Waals surface area contributed by atoms with E-state index in [4.69, 9.17) is 0 Å². The van der Waals surface area contributed by atoms with Gasteiger partial charge in [0, 0.05) is 43.2 Å². The summed E-state index contributed by atoms with van der Waals surface area (Å²) in [7, 11) is -2.95. The van der Waals surface area contributed by atoms with Gasteiger partial charge in [-0.1, -0.05) is 28.1 Å². The van der Waals surface area contributed by atoms with Gasteiger partial charge in [0.1, 0.15) is 0 Å². The van der Waals surface area contributed by atoms with Crippen molar-refractivity contribution in [3.63, 3.8) is 0 Å². The fraction of sp³-hybridized carbons (Fsp3) is 0.588. The molecule has 0 aliphatic carbocycles. The number of carbonyl (C=O) groups excluding carboxylic acids is 1. The number of hydrogen-bond donors (Lipinski definition) is 1. The summed E-state index contributed by atoms with van der Waals surface area (Å²) in [5, 5.41) is 2.86. The van der Waals surface area contributed by atoms with E-state index in [1.54, 1.807) is 0 Å². The number of hydrogen-bond acceptors (Lipinski definition) is 5. The molecule has 1 aromatic rings. The van der Waals surface area contributed by atoms with Crippen LogP contribution in [-0.4, -0.2) is 74.4 Å². The van der Waals surface area contributed by atoms with E-state index in [9.17, 15) is 13.2 Å². The number of rotatable bonds is 5. The average Bonchev–Trinajstić information content (AvgIpc) is 2.90. The molecule has 8 heteroatoms. The van der Waals surface area contributed by atoms with Crippen molar-refractivity contribution >= 4 is 31.7 Å². The predicted octanol–water partition coefficient (Wildman–Crippen LogP) is 0.870. The van der Waals surface area contributed by atoms with E-state index >= 15 is 0 Å². The van der Waals surface area contributed by atoms with Crippen molar-refractivity contribution in [1.82, 2.24) is 15.1 Å². The van der Waals surface area contributed by atoms with Crippen LogP contribution >= 0.6 is 15.9 Å². The Hall–Kier alpha value is -0.960. The van der Waals surface area contributed by atoms with Crippen LogP contribution < -0.4 is 5.32 Å². The molecule has 0 unspecified atom stereocenters. The maximum atomic E-state index is 12.1. The maximum Gasteiger partial charge on any atom is 0.234 e. The van der Waals surface area contributed by atoms with Crippen molar-refractivity contribution in [1.29, 1.82) is 0 Å². The van der Waals surface area contributed by atoms with Crippen molar-refractivity contribution in [3.05, 3.63) is 34.3 Å². The fourth-order valence-corrected chi connectivity index (χ4v) is 5.28. The Bertz CT molecular complexity index is 700. The minimum atomic E-state index is -2.95. The second-order valence-electron chi connectivity index (χ2n) is 6.85. The third kappa shape index (κ3) is 5.77. The van der Waals surface area contributed by atoms with Gasteiger partial charge in [-0.2, -0.15) is 0 Å². The topological polar surface area (TPSA) is 69.7 Å². The van der Waals surface area contributed by atoms with Crippen LogP contribution in [0, 0.1) is 0 Å². The van der Waals surface area contributed by atoms with E-state index in [1.165, 1.54) is 5.56 Å². The summed E-state index contributed by atoms with van der Waals surface area (Å²) < 4.78 is 24.0. The van der Waals surface area contributed by atoms with Crippen molar-refractivity contribution < 1.29 is 13.2 Å². The number of carbonyl (C=O) groups is 1. The van der Waals surface area contributed by atoms with Crippen LogP contribution in [0.25, 0.3) is 0 Å². The molecule has 2 aliphatic rings. The Kier molecular flexibility index (Phi) is 6.14. The molecule has 1 atom stereocenters. The molecule has 1 amide bonds. The van der Waals surface area contributed by atoms with Crippen LogP contribution in [0.2, 0.25) is 0 Å². The van der Waals surface area contributed by atoms with E-state index in [-0.39, 0.29) is 23.5 Å². The van der Waals surface area contributed by atoms with Gasteiger partial charge in [-0.05, 0) is 24.1 Å². The molecular formula is C17H24BrN3O3S. The highest BCUT2D eigenvalue weighted by Crippen LogP contribution is 2.14. The van der Waals surface area contributed by atoms with Crippen molar-refractivity contribution in [2.24, 2.45) is 0 Å². The molecule has 3 rings (SSSR count). The first-order valence-electron chi connectivity index (χ1n) is 8.58. The normalized spacial score (nSPS) is 24.3. The molecule has 2 saturated heterocycles. The van der Waals surface area contributed by atoms with Crippen LogP contribution in [0.1, 0.15) is 12.0 Å². The molecule has 25 heavy (non-hydrogen) atoms. The van der Waals surface area contributed by atoms with Gasteiger partial charge < -0.3 is 5.32 Å². The van der Waals surface area contributed by atoms with Gasteiger partial charge in [-0.3, -0.25) is 14.6 Å². The van der Waals surface area contributed by atoms with Crippen molar-refractivity contribution in [3.8, 4) is 0 Å². The summed E-state index contributed by atoms with van der Waals surface area (Å²) in [6.45, 7) is 4.85. The maximum absolute atomic E-state index is 12.1. The monoisotopic (exact) mass is 429 g/mol. The number of piperazine rings is 1. The number of sulfone groups is 1. The number of amides is 1. The largest absolute Gasteiger partial charge is 0.351 e. The molecule has 2 aliphatic heterocycles. The number of nitrogens with zero attached hydrogens (tertiary/aromatic N) is 2. The summed E-state index contributed by atoms with van der Waals surface area (Å²) in [6, 6.07) is 8.15. The van der Waals surface area contributed by atoms with E-state index in [1.807, 2.05) is 0 Å². The molecule has 0 spiro atoms. The van der Waals surface area contributed by atoms with Gasteiger partial charge in [0.25, 0.3) is 0 Å². The zero-order valence-electron chi connectivity index (χ0n) is 14.2. The lowest BCUT2D eigenvalue weighted by atomic mass is 10.2. The second kappa shape index (κ2) is 8.16. The average molecular weight is 430 g/mol. The molecule has 0 radical (unpaired) electrons. The molecule has 2 heterocycles. The van der Waals surface area contributed by atoms with Gasteiger partial charge in [0.15, 0.2) is 9.84 Å². The zero-order valence-corrected chi connectivity index (χ0v) is 16.6. The molecule has 0 saturated carbocycles. The van der Waals surface area contributed by atoms with E-state index in [0.29, 0.717) is 13.0 Å². The van der Waals surface area contributed by atoms with Gasteiger partial charge in [0.2, 0.25) is 5.91 Å². The first kappa shape index (κ1) is 18.8. The van der Waals surface area contributed by atoms with Crippen molar-refractivity contribution in [2.45, 2.75) is 19.0 Å². The Morgan fingerprint density at radius 2 is 1.76 bits per heavy atom. The van der Waals surface area contributed by atoms with Crippen LogP contribution in [0.5, 0.6) is 0 Å². The molecule has 1 aromatic carbocycles. The number of halogens is 1. The minimum absolute atomic E-state index is 0.0662. The summed E-state index contributed by atoms with van der Waals surface area (Å²) in [4.78, 5) is 16.6. The molecule has 1 N–H and O–H groups in total. The SMILES string of the molecule is O=C(CN1CCN(Cc2ccc(Br)cc2)CC1)N[C@@H]1CCS(=O)(=O)C1. The van der Waals surface area contributed by atoms with Crippen LogP contribution in [-0.2, 0) is 21.2 Å². The Morgan fingerprint density at radius 3 is 2.36 bits per heavy atom. The second-order valence-corrected chi connectivity index (χ2v) is 9.99. The lowest BCUT2D eigenvalue weighted by Crippen LogP contribution is -2.50. The predicted molar refractivity (Wildman–Crippen MR) is 101 cm³/mol. The molecule has 0 bridgehead atoms. The van der Waals surface area contributed by atoms with E-state index in [0.717, 1.165) is 37.2 Å². The minimum Gasteiger partial charge on any atom is -0.351 e. The molecule has 6 nitrogen and oxygen atoms in total. The van der Waals surface area contributed by atoms with Crippen LogP contribution in [0.4, 0.5) is 0 Å². The summed E-state index contributed by atoms with van der Waals surface area (Å²) in [6.07, 6.45) is 0.537. The zero-order chi connectivity index (χ0) is 17.9. The smallest absolute Gasteiger partial charge is 0.234 e. The third-order valence-electron chi connectivity index (χ3n) is 4.75. The Morgan fingerprint density at radius 1 is 1.12 bits per heavy atom. The highest BCUT2D eigenvalue weighted by molar-refractivity contribution is 9.10. The summed E-state index contributed by atoms with van der Waals surface area (Å²) in [5.41, 5.74) is 1.29. The van der Waals surface area contributed by atoms with Gasteiger partial charge >= 0.3 is 0 Å². The lowest BCUT2D eigenvalue weighted by molar-refractivity contribution is -0.123. The Balaban J connectivity index is 1.38. The molecule has 138 valence electrons. The van der Waals surface area contributed by atoms with Gasteiger partial charge in [-0.25, -0.2) is 8.42 Å². The van der Waals surface area contributed by atoms with Crippen molar-refractivity contribution in [2.75, 3.05) is 44.2 Å². The quantitative estimate of drug-likeness (QED) is 0.751. The van der Waals surface area contributed by atoms with Gasteiger partial charge in [0.05, 0.1) is 18.1 Å². The first-order chi connectivity index (χ1) is 11.9. The van der Waals surface area contributed by atoms with Crippen LogP contribution in [0.15, 0.2) is 28.7 Å². The number of nitrogens with one attached hydrogen (secondary N) is 1. The van der Waals surface area contributed by atoms with E-state index in [2.05, 4.69) is 55.3 Å². The standard InChI is InChI=1S/C17H24BrN3O3S/c18-15-3-1-14(2-4-15)11-20-6-8-21(9-7-20)12-17(22)19-16-5-10-25(23,24)13-16/h1-4,16H,5-13H2,(H,19,22)/t16-/m1/s1. The molecule has 2 fully saturated rings. The highest BCUT2D eigenvalue weighted by Gasteiger charge is 2.29.